The van der Waals surface area contributed by atoms with Gasteiger partial charge in [0.2, 0.25) is 5.76 Å². The van der Waals surface area contributed by atoms with Crippen LogP contribution in [0.25, 0.3) is 0 Å². The number of carbonyl (C=O) groups is 2. The molecule has 6 nitrogen and oxygen atoms in total. The molecule has 8 heteroatoms. The maximum atomic E-state index is 12.0. The van der Waals surface area contributed by atoms with E-state index in [2.05, 4.69) is 4.99 Å². The van der Waals surface area contributed by atoms with Crippen LogP contribution < -0.4 is 4.80 Å². The van der Waals surface area contributed by atoms with Gasteiger partial charge in [0.25, 0.3) is 5.91 Å². The van der Waals surface area contributed by atoms with Gasteiger partial charge < -0.3 is 13.7 Å². The standard InChI is InChI=1S/C18H15ClN2O4S/c1-12-6-7-15(25-12)17(23)24-11-16(22)20-18-21(8-9-26-18)10-13-4-2-3-5-14(13)19/h2-9H,10-11H2,1H3. The molecule has 0 aliphatic carbocycles. The van der Waals surface area contributed by atoms with Gasteiger partial charge in [0.15, 0.2) is 11.4 Å². The van der Waals surface area contributed by atoms with Crippen LogP contribution in [0, 0.1) is 6.92 Å². The van der Waals surface area contributed by atoms with E-state index in [0.29, 0.717) is 22.1 Å². The van der Waals surface area contributed by atoms with E-state index in [9.17, 15) is 9.59 Å². The Morgan fingerprint density at radius 3 is 2.81 bits per heavy atom. The van der Waals surface area contributed by atoms with Gasteiger partial charge in [0.05, 0.1) is 6.54 Å². The molecule has 26 heavy (non-hydrogen) atoms. The van der Waals surface area contributed by atoms with Gasteiger partial charge >= 0.3 is 5.97 Å². The monoisotopic (exact) mass is 390 g/mol. The second kappa shape index (κ2) is 8.16. The molecule has 0 saturated heterocycles. The number of esters is 1. The lowest BCUT2D eigenvalue weighted by Gasteiger charge is -2.05. The zero-order chi connectivity index (χ0) is 18.5. The molecule has 0 spiro atoms. The summed E-state index contributed by atoms with van der Waals surface area (Å²) < 4.78 is 11.9. The molecule has 2 aromatic heterocycles. The smallest absolute Gasteiger partial charge is 0.374 e. The summed E-state index contributed by atoms with van der Waals surface area (Å²) in [6.07, 6.45) is 1.82. The van der Waals surface area contributed by atoms with Crippen molar-refractivity contribution < 1.29 is 18.7 Å². The van der Waals surface area contributed by atoms with Crippen molar-refractivity contribution in [3.8, 4) is 0 Å². The summed E-state index contributed by atoms with van der Waals surface area (Å²) in [6.45, 7) is 1.75. The highest BCUT2D eigenvalue weighted by molar-refractivity contribution is 7.07. The minimum Gasteiger partial charge on any atom is -0.454 e. The molecule has 3 rings (SSSR count). The molecule has 0 N–H and O–H groups in total. The van der Waals surface area contributed by atoms with Gasteiger partial charge in [-0.2, -0.15) is 4.99 Å². The van der Waals surface area contributed by atoms with E-state index in [1.807, 2.05) is 40.4 Å². The van der Waals surface area contributed by atoms with E-state index in [0.717, 1.165) is 5.56 Å². The predicted molar refractivity (Wildman–Crippen MR) is 97.2 cm³/mol. The van der Waals surface area contributed by atoms with Crippen LogP contribution in [0.5, 0.6) is 0 Å². The first kappa shape index (κ1) is 18.2. The normalized spacial score (nSPS) is 11.5. The number of ether oxygens (including phenoxy) is 1. The molecule has 0 fully saturated rings. The van der Waals surface area contributed by atoms with E-state index in [1.54, 1.807) is 13.0 Å². The Morgan fingerprint density at radius 2 is 2.08 bits per heavy atom. The molecule has 0 atom stereocenters. The van der Waals surface area contributed by atoms with E-state index in [1.165, 1.54) is 17.4 Å². The van der Waals surface area contributed by atoms with Crippen LogP contribution in [0.1, 0.15) is 21.9 Å². The number of nitrogens with zero attached hydrogens (tertiary/aromatic N) is 2. The molecule has 1 aromatic carbocycles. The van der Waals surface area contributed by atoms with Crippen LogP contribution in [0.4, 0.5) is 0 Å². The van der Waals surface area contributed by atoms with E-state index < -0.39 is 18.5 Å². The molecule has 0 radical (unpaired) electrons. The number of thiazole rings is 1. The SMILES string of the molecule is Cc1ccc(C(=O)OCC(=O)N=c2sccn2Cc2ccccc2Cl)o1. The number of furan rings is 1. The van der Waals surface area contributed by atoms with Gasteiger partial charge in [0, 0.05) is 16.6 Å². The van der Waals surface area contributed by atoms with Crippen molar-refractivity contribution in [3.05, 3.63) is 74.9 Å². The van der Waals surface area contributed by atoms with Crippen molar-refractivity contribution in [3.63, 3.8) is 0 Å². The van der Waals surface area contributed by atoms with E-state index >= 15 is 0 Å². The number of carbonyl (C=O) groups excluding carboxylic acids is 2. The molecule has 0 aliphatic rings. The fraction of sp³-hybridized carbons (Fsp3) is 0.167. The Kier molecular flexibility index (Phi) is 5.70. The number of rotatable bonds is 5. The van der Waals surface area contributed by atoms with Gasteiger partial charge in [-0.3, -0.25) is 4.79 Å². The molecule has 2 heterocycles. The Bertz CT molecular complexity index is 1000. The van der Waals surface area contributed by atoms with Gasteiger partial charge in [-0.1, -0.05) is 29.8 Å². The number of halogens is 1. The summed E-state index contributed by atoms with van der Waals surface area (Å²) in [5.74, 6) is -0.610. The Morgan fingerprint density at radius 1 is 1.27 bits per heavy atom. The summed E-state index contributed by atoms with van der Waals surface area (Å²) in [5.41, 5.74) is 0.918. The lowest BCUT2D eigenvalue weighted by atomic mass is 10.2. The minimum atomic E-state index is -0.697. The second-order valence-corrected chi connectivity index (χ2v) is 6.68. The summed E-state index contributed by atoms with van der Waals surface area (Å²) in [7, 11) is 0. The average molecular weight is 391 g/mol. The number of aryl methyl sites for hydroxylation is 1. The number of aromatic nitrogens is 1. The van der Waals surface area contributed by atoms with Gasteiger partial charge in [0.1, 0.15) is 5.76 Å². The summed E-state index contributed by atoms with van der Waals surface area (Å²) in [4.78, 5) is 28.3. The molecule has 0 saturated carbocycles. The first-order valence-electron chi connectivity index (χ1n) is 7.71. The predicted octanol–water partition coefficient (Wildman–Crippen LogP) is 3.44. The largest absolute Gasteiger partial charge is 0.454 e. The Labute approximate surface area is 158 Å². The fourth-order valence-corrected chi connectivity index (χ4v) is 3.14. The topological polar surface area (TPSA) is 73.8 Å². The lowest BCUT2D eigenvalue weighted by molar-refractivity contribution is -0.121. The van der Waals surface area contributed by atoms with Crippen LogP contribution >= 0.6 is 22.9 Å². The number of hydrogen-bond acceptors (Lipinski definition) is 5. The van der Waals surface area contributed by atoms with Gasteiger partial charge in [-0.15, -0.1) is 11.3 Å². The lowest BCUT2D eigenvalue weighted by Crippen LogP contribution is -2.20. The molecule has 0 aliphatic heterocycles. The van der Waals surface area contributed by atoms with Crippen molar-refractivity contribution in [1.82, 2.24) is 4.57 Å². The van der Waals surface area contributed by atoms with Crippen molar-refractivity contribution >= 4 is 34.8 Å². The second-order valence-electron chi connectivity index (χ2n) is 5.40. The van der Waals surface area contributed by atoms with Crippen LogP contribution in [0.15, 0.2) is 57.4 Å². The van der Waals surface area contributed by atoms with Crippen LogP contribution in [-0.4, -0.2) is 23.1 Å². The van der Waals surface area contributed by atoms with Gasteiger partial charge in [-0.25, -0.2) is 4.79 Å². The van der Waals surface area contributed by atoms with Crippen LogP contribution in [0.3, 0.4) is 0 Å². The van der Waals surface area contributed by atoms with Crippen molar-refractivity contribution in [2.45, 2.75) is 13.5 Å². The highest BCUT2D eigenvalue weighted by atomic mass is 35.5. The first-order chi connectivity index (χ1) is 12.5. The quantitative estimate of drug-likeness (QED) is 0.625. The van der Waals surface area contributed by atoms with Crippen molar-refractivity contribution in [2.75, 3.05) is 6.61 Å². The minimum absolute atomic E-state index is 0.0557. The molecule has 134 valence electrons. The molecule has 0 unspecified atom stereocenters. The first-order valence-corrected chi connectivity index (χ1v) is 8.97. The number of amides is 1. The zero-order valence-electron chi connectivity index (χ0n) is 13.8. The molecule has 3 aromatic rings. The number of benzene rings is 1. The number of hydrogen-bond donors (Lipinski definition) is 0. The third-order valence-electron chi connectivity index (χ3n) is 3.45. The zero-order valence-corrected chi connectivity index (χ0v) is 15.4. The summed E-state index contributed by atoms with van der Waals surface area (Å²) in [6, 6.07) is 10.6. The molecular formula is C18H15ClN2O4S. The maximum absolute atomic E-state index is 12.0. The fourth-order valence-electron chi connectivity index (χ4n) is 2.20. The molecule has 1 amide bonds. The third-order valence-corrected chi connectivity index (χ3v) is 4.61. The van der Waals surface area contributed by atoms with Crippen molar-refractivity contribution in [2.24, 2.45) is 4.99 Å². The average Bonchev–Trinajstić information content (AvgIpc) is 3.24. The highest BCUT2D eigenvalue weighted by Gasteiger charge is 2.13. The maximum Gasteiger partial charge on any atom is 0.374 e. The Hall–Kier alpha value is -2.64. The molecule has 0 bridgehead atoms. The summed E-state index contributed by atoms with van der Waals surface area (Å²) >= 11 is 7.48. The third kappa shape index (κ3) is 4.50. The highest BCUT2D eigenvalue weighted by Crippen LogP contribution is 2.15. The van der Waals surface area contributed by atoms with Crippen molar-refractivity contribution in [1.29, 1.82) is 0 Å². The Balaban J connectivity index is 1.66. The molecular weight excluding hydrogens is 376 g/mol. The van der Waals surface area contributed by atoms with Crippen LogP contribution in [0.2, 0.25) is 5.02 Å². The van der Waals surface area contributed by atoms with Crippen LogP contribution in [-0.2, 0) is 16.1 Å². The van der Waals surface area contributed by atoms with E-state index in [-0.39, 0.29) is 5.76 Å². The van der Waals surface area contributed by atoms with Gasteiger partial charge in [-0.05, 0) is 30.7 Å². The van der Waals surface area contributed by atoms with E-state index in [4.69, 9.17) is 20.8 Å². The summed E-state index contributed by atoms with van der Waals surface area (Å²) in [5, 5.41) is 2.46.